The molecule has 0 fully saturated rings. The van der Waals surface area contributed by atoms with Crippen LogP contribution in [0.25, 0.3) is 22.9 Å². The second-order valence-corrected chi connectivity index (χ2v) is 14.4. The van der Waals surface area contributed by atoms with E-state index in [2.05, 4.69) is 183 Å². The molecule has 0 spiro atoms. The second-order valence-electron chi connectivity index (χ2n) is 14.4. The molecule has 0 aliphatic heterocycles. The Kier molecular flexibility index (Phi) is 19.2. The van der Waals surface area contributed by atoms with Gasteiger partial charge in [-0.2, -0.15) is 0 Å². The Bertz CT molecular complexity index is 2130. The number of allylic oxidation sites excluding steroid dienone is 20. The molecule has 2 heteroatoms. The average Bonchev–Trinajstić information content (AvgIpc) is 3.21. The van der Waals surface area contributed by atoms with Crippen LogP contribution in [0.1, 0.15) is 96.9 Å². The Morgan fingerprint density at radius 3 is 1.98 bits per heavy atom. The summed E-state index contributed by atoms with van der Waals surface area (Å²) in [4.78, 5) is 0. The zero-order valence-corrected chi connectivity index (χ0v) is 35.4. The largest absolute Gasteiger partial charge is 0.405 e. The first-order valence-electron chi connectivity index (χ1n) is 20.3. The van der Waals surface area contributed by atoms with Crippen molar-refractivity contribution in [1.29, 1.82) is 0 Å². The molecule has 1 aliphatic carbocycles. The van der Waals surface area contributed by atoms with Crippen LogP contribution in [0.4, 0.5) is 5.69 Å². The van der Waals surface area contributed by atoms with Crippen LogP contribution in [0.5, 0.6) is 0 Å². The van der Waals surface area contributed by atoms with Gasteiger partial charge in [0.1, 0.15) is 0 Å². The second kappa shape index (κ2) is 24.0. The van der Waals surface area contributed by atoms with Crippen LogP contribution in [0.3, 0.4) is 0 Å². The molecule has 0 saturated carbocycles. The first-order valence-corrected chi connectivity index (χ1v) is 20.3. The first kappa shape index (κ1) is 44.8. The lowest BCUT2D eigenvalue weighted by Crippen LogP contribution is -1.99. The van der Waals surface area contributed by atoms with E-state index in [0.29, 0.717) is 5.92 Å². The smallest absolute Gasteiger partial charge is 0.0320 e. The van der Waals surface area contributed by atoms with E-state index in [9.17, 15) is 0 Å². The van der Waals surface area contributed by atoms with E-state index in [-0.39, 0.29) is 0 Å². The summed E-state index contributed by atoms with van der Waals surface area (Å²) < 4.78 is 0. The molecule has 2 nitrogen and oxygen atoms in total. The maximum absolute atomic E-state index is 5.94. The van der Waals surface area contributed by atoms with Crippen LogP contribution < -0.4 is 11.5 Å². The molecule has 0 bridgehead atoms. The lowest BCUT2D eigenvalue weighted by atomic mass is 9.91. The highest BCUT2D eigenvalue weighted by molar-refractivity contribution is 5.87. The van der Waals surface area contributed by atoms with E-state index in [1.807, 2.05) is 24.3 Å². The Hall–Kier alpha value is -5.60. The predicted octanol–water partition coefficient (Wildman–Crippen LogP) is 14.9. The van der Waals surface area contributed by atoms with E-state index < -0.39 is 0 Å². The average molecular weight is 743 g/mol. The van der Waals surface area contributed by atoms with Gasteiger partial charge < -0.3 is 11.5 Å². The number of nitrogen functional groups attached to an aromatic ring is 1. The van der Waals surface area contributed by atoms with Crippen LogP contribution in [0.15, 0.2) is 185 Å². The van der Waals surface area contributed by atoms with Crippen molar-refractivity contribution in [3.63, 3.8) is 0 Å². The minimum Gasteiger partial charge on any atom is -0.405 e. The highest BCUT2D eigenvalue weighted by atomic mass is 14.5. The van der Waals surface area contributed by atoms with Gasteiger partial charge in [-0.1, -0.05) is 167 Å². The number of aryl methyl sites for hydroxylation is 2. The monoisotopic (exact) mass is 743 g/mol. The Labute approximate surface area is 339 Å². The number of anilines is 1. The molecule has 0 amide bonds. The summed E-state index contributed by atoms with van der Waals surface area (Å²) in [5, 5.41) is 2.33. The number of fused-ring (bicyclic) bond motifs is 1. The van der Waals surface area contributed by atoms with Gasteiger partial charge in [-0.25, -0.2) is 0 Å². The molecule has 3 aromatic rings. The summed E-state index contributed by atoms with van der Waals surface area (Å²) in [5.74, 6) is 0.554. The third kappa shape index (κ3) is 14.6. The lowest BCUT2D eigenvalue weighted by molar-refractivity contribution is 0.799. The molecule has 4 rings (SSSR count). The van der Waals surface area contributed by atoms with Crippen molar-refractivity contribution in [3.05, 3.63) is 208 Å². The minimum absolute atomic E-state index is 0.554. The zero-order chi connectivity index (χ0) is 40.9. The fourth-order valence-corrected chi connectivity index (χ4v) is 6.52. The molecular formula is C54H66N2. The molecule has 0 aromatic heterocycles. The highest BCUT2D eigenvalue weighted by Gasteiger charge is 2.08. The summed E-state index contributed by atoms with van der Waals surface area (Å²) in [5.41, 5.74) is 26.5. The first-order chi connectivity index (χ1) is 27.0. The summed E-state index contributed by atoms with van der Waals surface area (Å²) in [6.07, 6.45) is 39.3. The SMILES string of the molecule is C=C/C(CC)=C(\C=C/C1C=C(C)C(C)=CC1)CC.CCc1ccc(\C=C/C(/C=C/c2ccc3cc(N)ccc3c2)=C\C=C\C=C/C(C)=C(C)\C=C\N)cc1CC. The van der Waals surface area contributed by atoms with Crippen LogP contribution in [0, 0.1) is 5.92 Å². The highest BCUT2D eigenvalue weighted by Crippen LogP contribution is 2.25. The summed E-state index contributed by atoms with van der Waals surface area (Å²) >= 11 is 0. The summed E-state index contributed by atoms with van der Waals surface area (Å²) in [6, 6.07) is 19.2. The summed E-state index contributed by atoms with van der Waals surface area (Å²) in [7, 11) is 0. The number of rotatable bonds is 15. The van der Waals surface area contributed by atoms with Crippen molar-refractivity contribution in [2.24, 2.45) is 11.7 Å². The zero-order valence-electron chi connectivity index (χ0n) is 35.4. The Morgan fingerprint density at radius 1 is 0.696 bits per heavy atom. The number of nitrogens with two attached hydrogens (primary N) is 2. The molecule has 3 aromatic carbocycles. The van der Waals surface area contributed by atoms with Gasteiger partial charge in [0.15, 0.2) is 0 Å². The van der Waals surface area contributed by atoms with E-state index in [1.165, 1.54) is 49.9 Å². The molecule has 56 heavy (non-hydrogen) atoms. The lowest BCUT2D eigenvalue weighted by Gasteiger charge is -2.15. The van der Waals surface area contributed by atoms with Crippen LogP contribution >= 0.6 is 0 Å². The molecule has 4 N–H and O–H groups in total. The fraction of sp³-hybridized carbons (Fsp3) is 0.259. The van der Waals surface area contributed by atoms with Crippen molar-refractivity contribution in [3.8, 4) is 0 Å². The number of benzene rings is 3. The van der Waals surface area contributed by atoms with Gasteiger partial charge in [-0.15, -0.1) is 0 Å². The third-order valence-electron chi connectivity index (χ3n) is 10.4. The molecule has 0 saturated heterocycles. The van der Waals surface area contributed by atoms with E-state index in [4.69, 9.17) is 11.5 Å². The number of hydrogen-bond donors (Lipinski definition) is 2. The van der Waals surface area contributed by atoms with Crippen molar-refractivity contribution in [2.45, 2.75) is 87.5 Å². The molecule has 1 aliphatic rings. The fourth-order valence-electron chi connectivity index (χ4n) is 6.52. The van der Waals surface area contributed by atoms with Gasteiger partial charge in [0, 0.05) is 5.69 Å². The van der Waals surface area contributed by atoms with E-state index in [1.54, 1.807) is 6.20 Å². The van der Waals surface area contributed by atoms with Crippen LogP contribution in [-0.2, 0) is 12.8 Å². The van der Waals surface area contributed by atoms with Crippen molar-refractivity contribution in [2.75, 3.05) is 5.73 Å². The normalized spacial score (nSPS) is 16.2. The van der Waals surface area contributed by atoms with Crippen LogP contribution in [-0.4, -0.2) is 0 Å². The van der Waals surface area contributed by atoms with Crippen molar-refractivity contribution >= 4 is 28.6 Å². The van der Waals surface area contributed by atoms with Gasteiger partial charge in [-0.05, 0) is 157 Å². The Balaban J connectivity index is 0.000000391. The maximum Gasteiger partial charge on any atom is 0.0320 e. The van der Waals surface area contributed by atoms with Gasteiger partial charge >= 0.3 is 0 Å². The van der Waals surface area contributed by atoms with Crippen molar-refractivity contribution < 1.29 is 0 Å². The predicted molar refractivity (Wildman–Crippen MR) is 252 cm³/mol. The van der Waals surface area contributed by atoms with E-state index in [0.717, 1.165) is 59.9 Å². The van der Waals surface area contributed by atoms with Gasteiger partial charge in [0.05, 0.1) is 0 Å². The van der Waals surface area contributed by atoms with Gasteiger partial charge in [-0.3, -0.25) is 0 Å². The maximum atomic E-state index is 5.94. The molecule has 0 heterocycles. The molecular weight excluding hydrogens is 677 g/mol. The van der Waals surface area contributed by atoms with Gasteiger partial charge in [0.25, 0.3) is 0 Å². The molecule has 1 unspecified atom stereocenters. The topological polar surface area (TPSA) is 52.0 Å². The molecule has 1 atom stereocenters. The van der Waals surface area contributed by atoms with E-state index >= 15 is 0 Å². The van der Waals surface area contributed by atoms with Crippen molar-refractivity contribution in [1.82, 2.24) is 0 Å². The minimum atomic E-state index is 0.554. The van der Waals surface area contributed by atoms with Gasteiger partial charge in [0.2, 0.25) is 0 Å². The number of hydrogen-bond acceptors (Lipinski definition) is 2. The van der Waals surface area contributed by atoms with Crippen LogP contribution in [0.2, 0.25) is 0 Å². The molecule has 292 valence electrons. The standard InChI is InChI=1S/C36H40N2.C18H26/c1-5-32-18-16-30(24-33(32)6-2)14-12-29(11-9-7-8-10-27(3)28(4)22-23-37)13-15-31-17-19-35-26-36(38)21-20-34(35)25-31;1-6-17(7-2)18(8-3)12-11-16-10-9-14(4)15(5)13-16/h7-26H,5-6,37-38H2,1-4H3;6,9,11-13,16H,1,7-8,10H2,2-5H3/b9-7+,10-8-,14-12-,15-13+,23-22+,28-27-,29-11+;12-11-,18-17+. The third-order valence-corrected chi connectivity index (χ3v) is 10.4. The Morgan fingerprint density at radius 2 is 1.34 bits per heavy atom. The molecule has 0 radical (unpaired) electrons. The summed E-state index contributed by atoms with van der Waals surface area (Å²) in [6.45, 7) is 21.3. The quantitative estimate of drug-likeness (QED) is 0.120.